The summed E-state index contributed by atoms with van der Waals surface area (Å²) < 4.78 is 37.7. The number of nitrogens with one attached hydrogen (secondary N) is 2. The Hall–Kier alpha value is -2.06. The lowest BCUT2D eigenvalue weighted by Gasteiger charge is -2.21. The maximum atomic E-state index is 12.6. The summed E-state index contributed by atoms with van der Waals surface area (Å²) in [4.78, 5) is 17.3. The summed E-state index contributed by atoms with van der Waals surface area (Å²) in [5.74, 6) is -0.0953. The van der Waals surface area contributed by atoms with Crippen LogP contribution in [0.5, 0.6) is 0 Å². The second-order valence-corrected chi connectivity index (χ2v) is 8.01. The van der Waals surface area contributed by atoms with Gasteiger partial charge >= 0.3 is 6.18 Å². The van der Waals surface area contributed by atoms with Gasteiger partial charge in [0.15, 0.2) is 0 Å². The van der Waals surface area contributed by atoms with Crippen LogP contribution in [0.15, 0.2) is 52.4 Å². The number of rotatable bonds is 4. The van der Waals surface area contributed by atoms with Gasteiger partial charge in [-0.15, -0.1) is 0 Å². The third-order valence-corrected chi connectivity index (χ3v) is 5.98. The average molecular weight is 393 g/mol. The van der Waals surface area contributed by atoms with Gasteiger partial charge in [0.1, 0.15) is 5.69 Å². The van der Waals surface area contributed by atoms with Crippen LogP contribution in [0.4, 0.5) is 13.2 Å². The number of halogens is 3. The lowest BCUT2D eigenvalue weighted by Crippen LogP contribution is -2.42. The van der Waals surface area contributed by atoms with Gasteiger partial charge in [0.25, 0.3) is 5.91 Å². The van der Waals surface area contributed by atoms with Crippen molar-refractivity contribution in [1.82, 2.24) is 15.6 Å². The number of aromatic nitrogens is 1. The van der Waals surface area contributed by atoms with Gasteiger partial charge in [-0.05, 0) is 55.7 Å². The van der Waals surface area contributed by atoms with E-state index in [2.05, 4.69) is 15.6 Å². The number of pyridine rings is 1. The number of carbonyl (C=O) groups is 1. The lowest BCUT2D eigenvalue weighted by molar-refractivity contribution is -0.141. The number of hydrogen-bond acceptors (Lipinski definition) is 4. The molecule has 4 rings (SSSR count). The van der Waals surface area contributed by atoms with Gasteiger partial charge in [0.2, 0.25) is 0 Å². The zero-order valence-corrected chi connectivity index (χ0v) is 15.1. The Bertz CT molecular complexity index is 824. The Morgan fingerprint density at radius 3 is 2.41 bits per heavy atom. The number of nitrogens with zero attached hydrogens (tertiary/aromatic N) is 1. The summed E-state index contributed by atoms with van der Waals surface area (Å²) in [6.45, 7) is 0. The molecule has 2 N–H and O–H groups in total. The van der Waals surface area contributed by atoms with E-state index in [9.17, 15) is 18.0 Å². The molecule has 0 aliphatic carbocycles. The molecular formula is C19H18F3N3OS. The van der Waals surface area contributed by atoms with Crippen LogP contribution < -0.4 is 10.6 Å². The maximum Gasteiger partial charge on any atom is 0.433 e. The van der Waals surface area contributed by atoms with E-state index < -0.39 is 11.9 Å². The highest BCUT2D eigenvalue weighted by atomic mass is 32.2. The molecule has 2 bridgehead atoms. The molecule has 142 valence electrons. The van der Waals surface area contributed by atoms with E-state index in [1.54, 1.807) is 24.3 Å². The molecule has 1 amide bonds. The maximum absolute atomic E-state index is 12.6. The fraction of sp³-hybridized carbons (Fsp3) is 0.368. The van der Waals surface area contributed by atoms with Crippen molar-refractivity contribution in [2.75, 3.05) is 0 Å². The second kappa shape index (κ2) is 7.16. The topological polar surface area (TPSA) is 54.0 Å². The van der Waals surface area contributed by atoms with Crippen molar-refractivity contribution < 1.29 is 18.0 Å². The first kappa shape index (κ1) is 18.3. The number of alkyl halides is 3. The summed E-state index contributed by atoms with van der Waals surface area (Å²) in [6.07, 6.45) is 0.0299. The quantitative estimate of drug-likeness (QED) is 0.828. The van der Waals surface area contributed by atoms with Gasteiger partial charge in [-0.3, -0.25) is 9.78 Å². The van der Waals surface area contributed by atoms with Gasteiger partial charge in [-0.1, -0.05) is 11.8 Å². The largest absolute Gasteiger partial charge is 0.433 e. The third kappa shape index (κ3) is 4.11. The minimum atomic E-state index is -4.44. The standard InChI is InChI=1S/C19H18F3N3OS/c20-19(21,22)17-8-6-14(10-23-17)27-13-4-1-11(2-5-13)18(26)25-16-9-12-3-7-15(16)24-12/h1-2,4-6,8,10,12,15-16,24H,3,7,9H2,(H,25,26). The average Bonchev–Trinajstić information content (AvgIpc) is 3.25. The molecule has 0 saturated carbocycles. The van der Waals surface area contributed by atoms with Crippen molar-refractivity contribution >= 4 is 17.7 Å². The molecule has 2 aliphatic rings. The molecule has 27 heavy (non-hydrogen) atoms. The van der Waals surface area contributed by atoms with Gasteiger partial charge in [-0.25, -0.2) is 0 Å². The smallest absolute Gasteiger partial charge is 0.348 e. The van der Waals surface area contributed by atoms with Gasteiger partial charge < -0.3 is 10.6 Å². The molecule has 3 unspecified atom stereocenters. The van der Waals surface area contributed by atoms with E-state index in [4.69, 9.17) is 0 Å². The van der Waals surface area contributed by atoms with E-state index in [-0.39, 0.29) is 11.9 Å². The fourth-order valence-electron chi connectivity index (χ4n) is 3.65. The summed E-state index contributed by atoms with van der Waals surface area (Å²) in [5, 5.41) is 6.58. The zero-order valence-electron chi connectivity index (χ0n) is 14.3. The molecule has 0 radical (unpaired) electrons. The highest BCUT2D eigenvalue weighted by Gasteiger charge is 2.39. The first-order valence-corrected chi connectivity index (χ1v) is 9.58. The van der Waals surface area contributed by atoms with Crippen LogP contribution in [0.1, 0.15) is 35.3 Å². The van der Waals surface area contributed by atoms with Crippen LogP contribution in [-0.4, -0.2) is 29.0 Å². The molecule has 2 fully saturated rings. The Labute approximate surface area is 158 Å². The number of benzene rings is 1. The van der Waals surface area contributed by atoms with Crippen LogP contribution in [0.3, 0.4) is 0 Å². The van der Waals surface area contributed by atoms with E-state index in [1.807, 2.05) is 0 Å². The van der Waals surface area contributed by atoms with Crippen LogP contribution in [0.25, 0.3) is 0 Å². The predicted octanol–water partition coefficient (Wildman–Crippen LogP) is 3.87. The van der Waals surface area contributed by atoms with Crippen molar-refractivity contribution in [3.05, 3.63) is 53.9 Å². The van der Waals surface area contributed by atoms with Crippen molar-refractivity contribution in [2.24, 2.45) is 0 Å². The van der Waals surface area contributed by atoms with Crippen LogP contribution in [0.2, 0.25) is 0 Å². The normalized spacial score (nSPS) is 24.2. The summed E-state index contributed by atoms with van der Waals surface area (Å²) in [6, 6.07) is 10.5. The number of carbonyl (C=O) groups excluding carboxylic acids is 1. The predicted molar refractivity (Wildman–Crippen MR) is 95.6 cm³/mol. The Balaban J connectivity index is 1.36. The highest BCUT2D eigenvalue weighted by molar-refractivity contribution is 7.99. The van der Waals surface area contributed by atoms with E-state index in [0.29, 0.717) is 22.5 Å². The Morgan fingerprint density at radius 1 is 1.11 bits per heavy atom. The molecule has 2 saturated heterocycles. The first-order valence-electron chi connectivity index (χ1n) is 8.76. The van der Waals surface area contributed by atoms with Crippen LogP contribution >= 0.6 is 11.8 Å². The van der Waals surface area contributed by atoms with Crippen LogP contribution in [-0.2, 0) is 6.18 Å². The zero-order chi connectivity index (χ0) is 19.0. The van der Waals surface area contributed by atoms with E-state index >= 15 is 0 Å². The van der Waals surface area contributed by atoms with Crippen molar-refractivity contribution in [3.8, 4) is 0 Å². The van der Waals surface area contributed by atoms with Crippen molar-refractivity contribution in [2.45, 2.75) is 53.4 Å². The molecule has 1 aromatic carbocycles. The first-order chi connectivity index (χ1) is 12.9. The molecule has 0 spiro atoms. The SMILES string of the molecule is O=C(NC1CC2CCC1N2)c1ccc(Sc2ccc(C(F)(F)F)nc2)cc1. The highest BCUT2D eigenvalue weighted by Crippen LogP contribution is 2.32. The number of amides is 1. The van der Waals surface area contributed by atoms with Crippen molar-refractivity contribution in [1.29, 1.82) is 0 Å². The molecule has 4 nitrogen and oxygen atoms in total. The summed E-state index contributed by atoms with van der Waals surface area (Å²) in [7, 11) is 0. The Kier molecular flexibility index (Phi) is 4.86. The third-order valence-electron chi connectivity index (χ3n) is 5.00. The summed E-state index contributed by atoms with van der Waals surface area (Å²) in [5.41, 5.74) is -0.332. The molecule has 3 atom stereocenters. The monoisotopic (exact) mass is 393 g/mol. The van der Waals surface area contributed by atoms with E-state index in [0.717, 1.165) is 23.8 Å². The van der Waals surface area contributed by atoms with E-state index in [1.165, 1.54) is 30.4 Å². The summed E-state index contributed by atoms with van der Waals surface area (Å²) >= 11 is 1.30. The number of hydrogen-bond donors (Lipinski definition) is 2. The van der Waals surface area contributed by atoms with Gasteiger partial charge in [0.05, 0.1) is 0 Å². The van der Waals surface area contributed by atoms with Gasteiger partial charge in [-0.2, -0.15) is 13.2 Å². The minimum Gasteiger partial charge on any atom is -0.348 e. The number of fused-ring (bicyclic) bond motifs is 2. The second-order valence-electron chi connectivity index (χ2n) is 6.87. The molecule has 2 aliphatic heterocycles. The molecule has 2 aromatic rings. The molecular weight excluding hydrogens is 375 g/mol. The molecule has 8 heteroatoms. The molecule has 1 aromatic heterocycles. The minimum absolute atomic E-state index is 0.0953. The lowest BCUT2D eigenvalue weighted by atomic mass is 9.95. The van der Waals surface area contributed by atoms with Gasteiger partial charge in [0, 0.05) is 39.7 Å². The Morgan fingerprint density at radius 2 is 1.85 bits per heavy atom. The molecule has 3 heterocycles. The fourth-order valence-corrected chi connectivity index (χ4v) is 4.44. The van der Waals surface area contributed by atoms with Crippen molar-refractivity contribution in [3.63, 3.8) is 0 Å². The van der Waals surface area contributed by atoms with Crippen LogP contribution in [0, 0.1) is 0 Å².